The molecule has 0 radical (unpaired) electrons. The Bertz CT molecular complexity index is 889. The normalized spacial score (nSPS) is 19.4. The van der Waals surface area contributed by atoms with Crippen LogP contribution in [0.3, 0.4) is 0 Å². The van der Waals surface area contributed by atoms with Gasteiger partial charge in [-0.2, -0.15) is 17.3 Å². The molecule has 3 unspecified atom stereocenters. The second-order valence-corrected chi connectivity index (χ2v) is 9.53. The van der Waals surface area contributed by atoms with Crippen LogP contribution in [0.2, 0.25) is 0 Å². The van der Waals surface area contributed by atoms with Crippen LogP contribution in [0, 0.1) is 5.82 Å². The Kier molecular flexibility index (Phi) is 6.63. The quantitative estimate of drug-likeness (QED) is 0.279. The molecule has 0 aliphatic rings. The standard InChI is InChI=1S/C4H7FN2O14P4/c5-2-1-6-4(7-3(2)8)18-23(12,13)20-25(16,17)21-24(14,15)19-22(9,10)11/h1H,(H,12,13)(H,14,15)(H,16,17)(H,6,7,8)(H2,9,10,11). The third kappa shape index (κ3) is 8.42. The van der Waals surface area contributed by atoms with Crippen molar-refractivity contribution in [1.29, 1.82) is 0 Å². The molecule has 0 bridgehead atoms. The molecule has 0 aliphatic carbocycles. The maximum absolute atomic E-state index is 12.7. The summed E-state index contributed by atoms with van der Waals surface area (Å²) in [4.78, 5) is 58.9. The van der Waals surface area contributed by atoms with E-state index in [4.69, 9.17) is 19.6 Å². The predicted molar refractivity (Wildman–Crippen MR) is 70.2 cm³/mol. The highest BCUT2D eigenvalue weighted by Crippen LogP contribution is 2.70. The predicted octanol–water partition coefficient (Wildman–Crippen LogP) is -0.269. The minimum absolute atomic E-state index is 0.249. The van der Waals surface area contributed by atoms with Crippen molar-refractivity contribution >= 4 is 31.3 Å². The summed E-state index contributed by atoms with van der Waals surface area (Å²) in [5.41, 5.74) is -1.46. The summed E-state index contributed by atoms with van der Waals surface area (Å²) >= 11 is 0. The molecule has 0 aliphatic heterocycles. The fourth-order valence-electron chi connectivity index (χ4n) is 0.960. The lowest BCUT2D eigenvalue weighted by atomic mass is 10.6. The molecule has 0 saturated carbocycles. The smallest absolute Gasteiger partial charge is 0.369 e. The molecule has 0 amide bonds. The van der Waals surface area contributed by atoms with Crippen LogP contribution in [-0.2, 0) is 31.2 Å². The summed E-state index contributed by atoms with van der Waals surface area (Å²) in [6.45, 7) is 0. The Hall–Kier alpha value is -0.790. The SMILES string of the molecule is O=c1[nH]c(OP(=O)(O)OP(=O)(O)OP(=O)(O)OP(=O)(O)O)ncc1F. The van der Waals surface area contributed by atoms with Gasteiger partial charge in [0.1, 0.15) is 0 Å². The van der Waals surface area contributed by atoms with Crippen LogP contribution in [0.25, 0.3) is 0 Å². The molecule has 0 spiro atoms. The first-order chi connectivity index (χ1) is 11.0. The Labute approximate surface area is 135 Å². The van der Waals surface area contributed by atoms with Gasteiger partial charge in [0, 0.05) is 0 Å². The zero-order chi connectivity index (χ0) is 19.7. The van der Waals surface area contributed by atoms with Crippen molar-refractivity contribution in [2.24, 2.45) is 0 Å². The third-order valence-corrected chi connectivity index (χ3v) is 6.94. The minimum atomic E-state index is -5.99. The van der Waals surface area contributed by atoms with Crippen molar-refractivity contribution < 1.29 is 64.6 Å². The molecule has 16 nitrogen and oxygen atoms in total. The van der Waals surface area contributed by atoms with Gasteiger partial charge in [-0.3, -0.25) is 14.7 Å². The first kappa shape index (κ1) is 22.3. The van der Waals surface area contributed by atoms with E-state index in [9.17, 15) is 32.3 Å². The van der Waals surface area contributed by atoms with Gasteiger partial charge in [0.05, 0.1) is 6.20 Å². The number of aromatic nitrogens is 2. The summed E-state index contributed by atoms with van der Waals surface area (Å²) in [6, 6.07) is -1.16. The zero-order valence-electron chi connectivity index (χ0n) is 11.1. The van der Waals surface area contributed by atoms with Crippen LogP contribution >= 0.6 is 31.3 Å². The Morgan fingerprint density at radius 3 is 1.88 bits per heavy atom. The number of nitrogens with one attached hydrogen (secondary N) is 1. The van der Waals surface area contributed by atoms with Gasteiger partial charge in [-0.25, -0.2) is 23.2 Å². The monoisotopic (exact) mass is 450 g/mol. The summed E-state index contributed by atoms with van der Waals surface area (Å²) in [5.74, 6) is -1.41. The van der Waals surface area contributed by atoms with Gasteiger partial charge in [0.2, 0.25) is 5.82 Å². The number of rotatable bonds is 8. The highest BCUT2D eigenvalue weighted by Gasteiger charge is 2.45. The van der Waals surface area contributed by atoms with Gasteiger partial charge < -0.3 is 24.1 Å². The number of nitrogens with zero attached hydrogens (tertiary/aromatic N) is 1. The molecule has 1 rings (SSSR count). The van der Waals surface area contributed by atoms with E-state index in [0.717, 1.165) is 0 Å². The van der Waals surface area contributed by atoms with Gasteiger partial charge in [0.15, 0.2) is 0 Å². The summed E-state index contributed by atoms with van der Waals surface area (Å²) in [7, 11) is -23.3. The molecule has 6 N–H and O–H groups in total. The summed E-state index contributed by atoms with van der Waals surface area (Å²) in [5, 5.41) is 0. The third-order valence-electron chi connectivity index (χ3n) is 1.56. The van der Waals surface area contributed by atoms with Gasteiger partial charge >= 0.3 is 37.3 Å². The second kappa shape index (κ2) is 7.45. The van der Waals surface area contributed by atoms with E-state index in [1.54, 1.807) is 0 Å². The highest BCUT2D eigenvalue weighted by atomic mass is 31.3. The van der Waals surface area contributed by atoms with Crippen molar-refractivity contribution in [3.05, 3.63) is 22.4 Å². The van der Waals surface area contributed by atoms with Crippen LogP contribution in [0.4, 0.5) is 4.39 Å². The van der Waals surface area contributed by atoms with Gasteiger partial charge in [-0.1, -0.05) is 0 Å². The van der Waals surface area contributed by atoms with Crippen molar-refractivity contribution in [2.45, 2.75) is 0 Å². The lowest BCUT2D eigenvalue weighted by Crippen LogP contribution is -2.13. The Morgan fingerprint density at radius 1 is 0.920 bits per heavy atom. The van der Waals surface area contributed by atoms with Gasteiger partial charge in [-0.05, 0) is 0 Å². The molecule has 0 fully saturated rings. The molecule has 1 aromatic heterocycles. The first-order valence-electron chi connectivity index (χ1n) is 5.13. The van der Waals surface area contributed by atoms with Crippen LogP contribution in [0.1, 0.15) is 0 Å². The van der Waals surface area contributed by atoms with E-state index >= 15 is 0 Å². The Morgan fingerprint density at radius 2 is 1.40 bits per heavy atom. The van der Waals surface area contributed by atoms with Gasteiger partial charge in [-0.15, -0.1) is 0 Å². The zero-order valence-corrected chi connectivity index (χ0v) is 14.7. The molecular weight excluding hydrogens is 443 g/mol. The molecule has 25 heavy (non-hydrogen) atoms. The number of phosphoric ester groups is 1. The fraction of sp³-hybridized carbons (Fsp3) is 0. The van der Waals surface area contributed by atoms with E-state index in [2.05, 4.69) is 22.4 Å². The van der Waals surface area contributed by atoms with Crippen molar-refractivity contribution in [3.63, 3.8) is 0 Å². The van der Waals surface area contributed by atoms with Crippen LogP contribution < -0.4 is 10.1 Å². The topological polar surface area (TPSA) is 252 Å². The fourth-order valence-corrected chi connectivity index (χ4v) is 5.34. The van der Waals surface area contributed by atoms with Crippen molar-refractivity contribution in [3.8, 4) is 6.01 Å². The molecule has 21 heteroatoms. The number of halogens is 1. The average Bonchev–Trinajstić information content (AvgIpc) is 2.26. The van der Waals surface area contributed by atoms with Crippen LogP contribution in [0.15, 0.2) is 11.0 Å². The molecule has 1 aromatic rings. The lowest BCUT2D eigenvalue weighted by molar-refractivity contribution is 0.194. The van der Waals surface area contributed by atoms with Crippen molar-refractivity contribution in [2.75, 3.05) is 0 Å². The Balaban J connectivity index is 2.89. The maximum atomic E-state index is 12.7. The summed E-state index contributed by atoms with van der Waals surface area (Å²) < 4.78 is 70.8. The highest BCUT2D eigenvalue weighted by molar-refractivity contribution is 7.69. The van der Waals surface area contributed by atoms with E-state index < -0.39 is 48.7 Å². The molecule has 0 aromatic carbocycles. The van der Waals surface area contributed by atoms with Gasteiger partial charge in [0.25, 0.3) is 5.56 Å². The van der Waals surface area contributed by atoms with E-state index in [-0.39, 0.29) is 6.20 Å². The number of hydrogen-bond donors (Lipinski definition) is 6. The van der Waals surface area contributed by atoms with E-state index in [0.29, 0.717) is 0 Å². The number of hydrogen-bond acceptors (Lipinski definition) is 10. The number of H-pyrrole nitrogens is 1. The average molecular weight is 450 g/mol. The minimum Gasteiger partial charge on any atom is -0.369 e. The first-order valence-corrected chi connectivity index (χ1v) is 11.1. The second-order valence-electron chi connectivity index (χ2n) is 3.60. The molecule has 0 saturated heterocycles. The molecule has 3 atom stereocenters. The molecule has 144 valence electrons. The molecular formula is C4H7FN2O14P4. The van der Waals surface area contributed by atoms with E-state index in [1.807, 2.05) is 0 Å². The summed E-state index contributed by atoms with van der Waals surface area (Å²) in [6.07, 6.45) is 0.249. The number of aromatic amines is 1. The van der Waals surface area contributed by atoms with Crippen LogP contribution in [0.5, 0.6) is 6.01 Å². The van der Waals surface area contributed by atoms with E-state index in [1.165, 1.54) is 4.98 Å². The lowest BCUT2D eigenvalue weighted by Gasteiger charge is -2.17. The molecule has 1 heterocycles. The van der Waals surface area contributed by atoms with Crippen LogP contribution in [-0.4, -0.2) is 34.4 Å². The largest absolute Gasteiger partial charge is 0.538 e. The number of phosphoric acid groups is 4. The van der Waals surface area contributed by atoms with Crippen molar-refractivity contribution in [1.82, 2.24) is 9.97 Å². The maximum Gasteiger partial charge on any atom is 0.538 e.